The van der Waals surface area contributed by atoms with Gasteiger partial charge in [0.25, 0.3) is 0 Å². The molecule has 0 N–H and O–H groups in total. The number of carbonyl (C=O) groups is 3. The SMILES string of the molecule is CC(C)(C)C(=O)OCC(=O)OCC(=O)OCC(F)(F)C(C)(F)F. The topological polar surface area (TPSA) is 78.9 Å². The van der Waals surface area contributed by atoms with Gasteiger partial charge in [-0.15, -0.1) is 0 Å². The summed E-state index contributed by atoms with van der Waals surface area (Å²) in [5.74, 6) is -12.2. The lowest BCUT2D eigenvalue weighted by atomic mass is 9.97. The lowest BCUT2D eigenvalue weighted by Gasteiger charge is -2.22. The fraction of sp³-hybridized carbons (Fsp3) is 0.769. The number of halogens is 4. The van der Waals surface area contributed by atoms with E-state index in [9.17, 15) is 31.9 Å². The molecule has 0 saturated carbocycles. The predicted molar refractivity (Wildman–Crippen MR) is 67.9 cm³/mol. The van der Waals surface area contributed by atoms with Crippen LogP contribution in [0.2, 0.25) is 0 Å². The first kappa shape index (κ1) is 21.1. The van der Waals surface area contributed by atoms with Gasteiger partial charge in [0.05, 0.1) is 5.41 Å². The smallest absolute Gasteiger partial charge is 0.344 e. The fourth-order valence-electron chi connectivity index (χ4n) is 0.862. The molecule has 0 aliphatic heterocycles. The van der Waals surface area contributed by atoms with Gasteiger partial charge in [-0.3, -0.25) is 4.79 Å². The number of ether oxygens (including phenoxy) is 3. The van der Waals surface area contributed by atoms with Crippen molar-refractivity contribution in [2.24, 2.45) is 5.41 Å². The Morgan fingerprint density at radius 1 is 0.783 bits per heavy atom. The van der Waals surface area contributed by atoms with Gasteiger partial charge in [0.2, 0.25) is 0 Å². The average molecular weight is 346 g/mol. The molecule has 0 unspecified atom stereocenters. The van der Waals surface area contributed by atoms with E-state index in [2.05, 4.69) is 14.2 Å². The Labute approximate surface area is 130 Å². The second kappa shape index (κ2) is 7.60. The van der Waals surface area contributed by atoms with Crippen LogP contribution < -0.4 is 0 Å². The highest BCUT2D eigenvalue weighted by Crippen LogP contribution is 2.33. The van der Waals surface area contributed by atoms with Crippen LogP contribution in [0.3, 0.4) is 0 Å². The zero-order valence-electron chi connectivity index (χ0n) is 13.1. The van der Waals surface area contributed by atoms with Gasteiger partial charge in [-0.2, -0.15) is 8.78 Å². The van der Waals surface area contributed by atoms with Gasteiger partial charge < -0.3 is 14.2 Å². The average Bonchev–Trinajstić information content (AvgIpc) is 2.37. The molecule has 0 amide bonds. The molecular weight excluding hydrogens is 328 g/mol. The van der Waals surface area contributed by atoms with Gasteiger partial charge >= 0.3 is 29.8 Å². The van der Waals surface area contributed by atoms with Crippen molar-refractivity contribution >= 4 is 17.9 Å². The number of hydrogen-bond acceptors (Lipinski definition) is 6. The van der Waals surface area contributed by atoms with E-state index < -0.39 is 55.0 Å². The van der Waals surface area contributed by atoms with Crippen LogP contribution in [-0.2, 0) is 28.6 Å². The van der Waals surface area contributed by atoms with Crippen molar-refractivity contribution in [2.75, 3.05) is 19.8 Å². The monoisotopic (exact) mass is 346 g/mol. The molecule has 0 heterocycles. The van der Waals surface area contributed by atoms with E-state index in [0.717, 1.165) is 0 Å². The van der Waals surface area contributed by atoms with Crippen molar-refractivity contribution in [3.05, 3.63) is 0 Å². The van der Waals surface area contributed by atoms with Crippen LogP contribution in [0.15, 0.2) is 0 Å². The van der Waals surface area contributed by atoms with E-state index in [-0.39, 0.29) is 6.92 Å². The number of alkyl halides is 4. The molecule has 0 fully saturated rings. The van der Waals surface area contributed by atoms with E-state index >= 15 is 0 Å². The normalized spacial score (nSPS) is 12.5. The Morgan fingerprint density at radius 2 is 1.22 bits per heavy atom. The van der Waals surface area contributed by atoms with Crippen LogP contribution in [0, 0.1) is 5.41 Å². The lowest BCUT2D eigenvalue weighted by molar-refractivity contribution is -0.223. The largest absolute Gasteiger partial charge is 0.456 e. The number of esters is 3. The Hall–Kier alpha value is -1.87. The van der Waals surface area contributed by atoms with Crippen molar-refractivity contribution in [3.8, 4) is 0 Å². The molecule has 0 aromatic heterocycles. The maximum atomic E-state index is 12.8. The van der Waals surface area contributed by atoms with E-state index in [4.69, 9.17) is 0 Å². The molecular formula is C13H18F4O6. The molecule has 0 spiro atoms. The Balaban J connectivity index is 4.12. The number of carbonyl (C=O) groups excluding carboxylic acids is 3. The highest BCUT2D eigenvalue weighted by Gasteiger charge is 2.53. The molecule has 0 atom stereocenters. The quantitative estimate of drug-likeness (QED) is 0.398. The number of rotatable bonds is 7. The summed E-state index contributed by atoms with van der Waals surface area (Å²) in [6.45, 7) is 0.894. The first-order valence-electron chi connectivity index (χ1n) is 6.41. The van der Waals surface area contributed by atoms with E-state index in [0.29, 0.717) is 0 Å². The lowest BCUT2D eigenvalue weighted by Crippen LogP contribution is -2.42. The van der Waals surface area contributed by atoms with Crippen LogP contribution in [0.25, 0.3) is 0 Å². The molecule has 0 bridgehead atoms. The zero-order valence-corrected chi connectivity index (χ0v) is 13.1. The molecule has 0 aromatic rings. The maximum Gasteiger partial charge on any atom is 0.344 e. The molecule has 10 heteroatoms. The van der Waals surface area contributed by atoms with Crippen molar-refractivity contribution < 1.29 is 46.2 Å². The minimum Gasteiger partial charge on any atom is -0.456 e. The summed E-state index contributed by atoms with van der Waals surface area (Å²) in [7, 11) is 0. The number of hydrogen-bond donors (Lipinski definition) is 0. The first-order chi connectivity index (χ1) is 10.2. The van der Waals surface area contributed by atoms with Crippen LogP contribution in [0.4, 0.5) is 17.6 Å². The van der Waals surface area contributed by atoms with Crippen molar-refractivity contribution in [1.29, 1.82) is 0 Å². The van der Waals surface area contributed by atoms with E-state index in [1.165, 1.54) is 0 Å². The molecule has 0 rings (SSSR count). The van der Waals surface area contributed by atoms with Crippen molar-refractivity contribution in [1.82, 2.24) is 0 Å². The molecule has 0 aliphatic rings. The van der Waals surface area contributed by atoms with Crippen molar-refractivity contribution in [2.45, 2.75) is 39.5 Å². The van der Waals surface area contributed by atoms with Crippen molar-refractivity contribution in [3.63, 3.8) is 0 Å². The van der Waals surface area contributed by atoms with Gasteiger partial charge in [-0.1, -0.05) is 0 Å². The molecule has 0 saturated heterocycles. The first-order valence-corrected chi connectivity index (χ1v) is 6.41. The summed E-state index contributed by atoms with van der Waals surface area (Å²) in [5.41, 5.74) is -0.851. The summed E-state index contributed by atoms with van der Waals surface area (Å²) >= 11 is 0. The summed E-state index contributed by atoms with van der Waals surface area (Å²) in [4.78, 5) is 33.5. The third kappa shape index (κ3) is 7.80. The third-order valence-electron chi connectivity index (χ3n) is 2.34. The van der Waals surface area contributed by atoms with Crippen LogP contribution in [0.1, 0.15) is 27.7 Å². The molecule has 6 nitrogen and oxygen atoms in total. The molecule has 0 aliphatic carbocycles. The Kier molecular flexibility index (Phi) is 6.98. The predicted octanol–water partition coefficient (Wildman–Crippen LogP) is 1.95. The van der Waals surface area contributed by atoms with Gasteiger partial charge in [0, 0.05) is 6.92 Å². The molecule has 0 aromatic carbocycles. The maximum absolute atomic E-state index is 12.8. The van der Waals surface area contributed by atoms with Crippen LogP contribution in [0.5, 0.6) is 0 Å². The summed E-state index contributed by atoms with van der Waals surface area (Å²) in [6, 6.07) is 0. The van der Waals surface area contributed by atoms with Gasteiger partial charge in [-0.05, 0) is 20.8 Å². The Morgan fingerprint density at radius 3 is 1.65 bits per heavy atom. The Bertz CT molecular complexity index is 450. The highest BCUT2D eigenvalue weighted by molar-refractivity contribution is 5.81. The van der Waals surface area contributed by atoms with E-state index in [1.54, 1.807) is 20.8 Å². The second-order valence-corrected chi connectivity index (χ2v) is 5.74. The van der Waals surface area contributed by atoms with E-state index in [1.807, 2.05) is 0 Å². The van der Waals surface area contributed by atoms with Crippen LogP contribution >= 0.6 is 0 Å². The minimum absolute atomic E-state index is 0.0234. The minimum atomic E-state index is -4.55. The molecule has 23 heavy (non-hydrogen) atoms. The summed E-state index contributed by atoms with van der Waals surface area (Å²) in [6.07, 6.45) is 0. The summed E-state index contributed by atoms with van der Waals surface area (Å²) in [5, 5.41) is 0. The van der Waals surface area contributed by atoms with Gasteiger partial charge in [0.1, 0.15) is 0 Å². The standard InChI is InChI=1S/C13H18F4O6/c1-11(2,3)10(20)22-6-8(18)21-5-9(19)23-7-13(16,17)12(4,14)15/h5-7H2,1-4H3. The van der Waals surface area contributed by atoms with Crippen LogP contribution in [-0.4, -0.2) is 49.6 Å². The summed E-state index contributed by atoms with van der Waals surface area (Å²) < 4.78 is 63.3. The molecule has 0 radical (unpaired) electrons. The highest BCUT2D eigenvalue weighted by atomic mass is 19.3. The second-order valence-electron chi connectivity index (χ2n) is 5.74. The fourth-order valence-corrected chi connectivity index (χ4v) is 0.862. The zero-order chi connectivity index (χ0) is 18.5. The third-order valence-corrected chi connectivity index (χ3v) is 2.34. The van der Waals surface area contributed by atoms with Gasteiger partial charge in [-0.25, -0.2) is 18.4 Å². The molecule has 134 valence electrons. The van der Waals surface area contributed by atoms with Gasteiger partial charge in [0.15, 0.2) is 19.8 Å².